The minimum atomic E-state index is -0.404. The van der Waals surface area contributed by atoms with Crippen molar-refractivity contribution in [1.29, 1.82) is 0 Å². The molecule has 0 unspecified atom stereocenters. The standard InChI is InChI=1S/C16H25NO4/c1-4-21-16(19)15(12(2)17-9-6-10-18)13-7-5-8-14(11-13)20-3/h5,7-8,11-12,15,17-18H,4,6,9-10H2,1-3H3/t12-,15-/m1/s1. The molecular formula is C16H25NO4. The van der Waals surface area contributed by atoms with Gasteiger partial charge in [-0.25, -0.2) is 0 Å². The molecule has 0 aliphatic rings. The van der Waals surface area contributed by atoms with Crippen molar-refractivity contribution < 1.29 is 19.4 Å². The highest BCUT2D eigenvalue weighted by atomic mass is 16.5. The van der Waals surface area contributed by atoms with Gasteiger partial charge in [0.15, 0.2) is 0 Å². The average Bonchev–Trinajstić information content (AvgIpc) is 2.48. The monoisotopic (exact) mass is 295 g/mol. The molecule has 0 amide bonds. The second kappa shape index (κ2) is 9.37. The van der Waals surface area contributed by atoms with Gasteiger partial charge in [-0.1, -0.05) is 12.1 Å². The van der Waals surface area contributed by atoms with Crippen LogP contribution in [0, 0.1) is 0 Å². The predicted octanol–water partition coefficient (Wildman–Crippen LogP) is 1.70. The first-order valence-electron chi connectivity index (χ1n) is 7.28. The van der Waals surface area contributed by atoms with Gasteiger partial charge in [-0.15, -0.1) is 0 Å². The minimum absolute atomic E-state index is 0.0947. The molecule has 0 bridgehead atoms. The Kier molecular flexibility index (Phi) is 7.79. The largest absolute Gasteiger partial charge is 0.497 e. The van der Waals surface area contributed by atoms with Crippen LogP contribution in [0.5, 0.6) is 5.75 Å². The highest BCUT2D eigenvalue weighted by molar-refractivity contribution is 5.79. The summed E-state index contributed by atoms with van der Waals surface area (Å²) in [4.78, 5) is 12.3. The molecule has 2 atom stereocenters. The van der Waals surface area contributed by atoms with Crippen molar-refractivity contribution in [3.8, 4) is 5.75 Å². The second-order valence-electron chi connectivity index (χ2n) is 4.83. The molecule has 0 aliphatic heterocycles. The Balaban J connectivity index is 2.92. The normalized spacial score (nSPS) is 13.5. The maximum absolute atomic E-state index is 12.3. The SMILES string of the molecule is CCOC(=O)[C@@H](c1cccc(OC)c1)[C@@H](C)NCCCO. The molecule has 0 saturated heterocycles. The molecule has 1 aromatic rings. The van der Waals surface area contributed by atoms with E-state index in [4.69, 9.17) is 14.6 Å². The molecule has 0 aromatic heterocycles. The fourth-order valence-corrected chi connectivity index (χ4v) is 2.22. The average molecular weight is 295 g/mol. The summed E-state index contributed by atoms with van der Waals surface area (Å²) >= 11 is 0. The first-order chi connectivity index (χ1) is 10.1. The van der Waals surface area contributed by atoms with Gasteiger partial charge in [-0.3, -0.25) is 4.79 Å². The summed E-state index contributed by atoms with van der Waals surface area (Å²) < 4.78 is 10.4. The minimum Gasteiger partial charge on any atom is -0.497 e. The number of aliphatic hydroxyl groups is 1. The zero-order valence-corrected chi connectivity index (χ0v) is 13.0. The number of hydrogen-bond acceptors (Lipinski definition) is 5. The van der Waals surface area contributed by atoms with Crippen LogP contribution in [0.4, 0.5) is 0 Å². The molecule has 1 aromatic carbocycles. The lowest BCUT2D eigenvalue weighted by Crippen LogP contribution is -2.38. The Labute approximate surface area is 126 Å². The lowest BCUT2D eigenvalue weighted by Gasteiger charge is -2.24. The third kappa shape index (κ3) is 5.36. The number of hydrogen-bond donors (Lipinski definition) is 2. The van der Waals surface area contributed by atoms with E-state index in [2.05, 4.69) is 5.32 Å². The van der Waals surface area contributed by atoms with Crippen LogP contribution in [-0.2, 0) is 9.53 Å². The van der Waals surface area contributed by atoms with Gasteiger partial charge in [0, 0.05) is 12.6 Å². The molecule has 0 saturated carbocycles. The van der Waals surface area contributed by atoms with Crippen molar-refractivity contribution in [2.75, 3.05) is 26.9 Å². The van der Waals surface area contributed by atoms with E-state index in [0.29, 0.717) is 25.3 Å². The van der Waals surface area contributed by atoms with E-state index >= 15 is 0 Å². The summed E-state index contributed by atoms with van der Waals surface area (Å²) in [7, 11) is 1.60. The number of carbonyl (C=O) groups excluding carboxylic acids is 1. The van der Waals surface area contributed by atoms with Crippen molar-refractivity contribution in [3.05, 3.63) is 29.8 Å². The predicted molar refractivity (Wildman–Crippen MR) is 81.5 cm³/mol. The van der Waals surface area contributed by atoms with Crippen LogP contribution in [-0.4, -0.2) is 44.0 Å². The first-order valence-corrected chi connectivity index (χ1v) is 7.28. The zero-order chi connectivity index (χ0) is 15.7. The number of ether oxygens (including phenoxy) is 2. The van der Waals surface area contributed by atoms with E-state index < -0.39 is 5.92 Å². The van der Waals surface area contributed by atoms with Crippen molar-refractivity contribution >= 4 is 5.97 Å². The molecule has 118 valence electrons. The van der Waals surface area contributed by atoms with Gasteiger partial charge < -0.3 is 19.9 Å². The fourth-order valence-electron chi connectivity index (χ4n) is 2.22. The summed E-state index contributed by atoms with van der Waals surface area (Å²) in [6.07, 6.45) is 0.651. The number of carbonyl (C=O) groups is 1. The van der Waals surface area contributed by atoms with Crippen LogP contribution in [0.3, 0.4) is 0 Å². The Morgan fingerprint density at radius 3 is 2.81 bits per heavy atom. The maximum atomic E-state index is 12.3. The number of nitrogens with one attached hydrogen (secondary N) is 1. The molecule has 0 aliphatic carbocycles. The molecule has 1 rings (SSSR count). The molecule has 0 radical (unpaired) electrons. The Bertz CT molecular complexity index is 436. The molecular weight excluding hydrogens is 270 g/mol. The van der Waals surface area contributed by atoms with Crippen molar-refractivity contribution in [2.45, 2.75) is 32.2 Å². The van der Waals surface area contributed by atoms with Gasteiger partial charge in [0.2, 0.25) is 0 Å². The zero-order valence-electron chi connectivity index (χ0n) is 13.0. The summed E-state index contributed by atoms with van der Waals surface area (Å²) in [6, 6.07) is 7.36. The van der Waals surface area contributed by atoms with Crippen molar-refractivity contribution in [3.63, 3.8) is 0 Å². The molecule has 0 spiro atoms. The van der Waals surface area contributed by atoms with Gasteiger partial charge in [0.05, 0.1) is 19.6 Å². The van der Waals surface area contributed by atoms with E-state index in [9.17, 15) is 4.79 Å². The summed E-state index contributed by atoms with van der Waals surface area (Å²) in [5.74, 6) is 0.0536. The maximum Gasteiger partial charge on any atom is 0.314 e. The molecule has 0 fully saturated rings. The van der Waals surface area contributed by atoms with Crippen molar-refractivity contribution in [1.82, 2.24) is 5.32 Å². The highest BCUT2D eigenvalue weighted by Gasteiger charge is 2.28. The van der Waals surface area contributed by atoms with Crippen LogP contribution in [0.15, 0.2) is 24.3 Å². The summed E-state index contributed by atoms with van der Waals surface area (Å²) in [6.45, 7) is 4.87. The van der Waals surface area contributed by atoms with E-state index in [0.717, 1.165) is 5.56 Å². The highest BCUT2D eigenvalue weighted by Crippen LogP contribution is 2.25. The number of benzene rings is 1. The number of methoxy groups -OCH3 is 1. The van der Waals surface area contributed by atoms with Crippen LogP contribution in [0.2, 0.25) is 0 Å². The smallest absolute Gasteiger partial charge is 0.314 e. The Morgan fingerprint density at radius 2 is 2.19 bits per heavy atom. The van der Waals surface area contributed by atoms with Gasteiger partial charge in [-0.05, 0) is 44.5 Å². The third-order valence-corrected chi connectivity index (χ3v) is 3.29. The number of aliphatic hydroxyl groups excluding tert-OH is 1. The van der Waals surface area contributed by atoms with E-state index in [1.54, 1.807) is 14.0 Å². The molecule has 5 nitrogen and oxygen atoms in total. The molecule has 21 heavy (non-hydrogen) atoms. The summed E-state index contributed by atoms with van der Waals surface area (Å²) in [5.41, 5.74) is 0.858. The van der Waals surface area contributed by atoms with Gasteiger partial charge in [0.25, 0.3) is 0 Å². The quantitative estimate of drug-likeness (QED) is 0.536. The lowest BCUT2D eigenvalue weighted by atomic mass is 9.92. The first kappa shape index (κ1) is 17.5. The van der Waals surface area contributed by atoms with Crippen LogP contribution >= 0.6 is 0 Å². The molecule has 0 heterocycles. The third-order valence-electron chi connectivity index (χ3n) is 3.29. The summed E-state index contributed by atoms with van der Waals surface area (Å²) in [5, 5.41) is 12.1. The van der Waals surface area contributed by atoms with E-state index in [-0.39, 0.29) is 18.6 Å². The van der Waals surface area contributed by atoms with Crippen molar-refractivity contribution in [2.24, 2.45) is 0 Å². The van der Waals surface area contributed by atoms with E-state index in [1.165, 1.54) is 0 Å². The van der Waals surface area contributed by atoms with Gasteiger partial charge in [0.1, 0.15) is 5.75 Å². The number of esters is 1. The Hall–Kier alpha value is -1.59. The van der Waals surface area contributed by atoms with E-state index in [1.807, 2.05) is 31.2 Å². The topological polar surface area (TPSA) is 67.8 Å². The fraction of sp³-hybridized carbons (Fsp3) is 0.562. The molecule has 2 N–H and O–H groups in total. The van der Waals surface area contributed by atoms with Crippen LogP contribution in [0.1, 0.15) is 31.7 Å². The van der Waals surface area contributed by atoms with Crippen LogP contribution < -0.4 is 10.1 Å². The molecule has 5 heteroatoms. The second-order valence-corrected chi connectivity index (χ2v) is 4.83. The van der Waals surface area contributed by atoms with Gasteiger partial charge >= 0.3 is 5.97 Å². The van der Waals surface area contributed by atoms with Crippen LogP contribution in [0.25, 0.3) is 0 Å². The Morgan fingerprint density at radius 1 is 1.43 bits per heavy atom. The van der Waals surface area contributed by atoms with Gasteiger partial charge in [-0.2, -0.15) is 0 Å². The number of rotatable bonds is 9. The lowest BCUT2D eigenvalue weighted by molar-refractivity contribution is -0.145.